The van der Waals surface area contributed by atoms with E-state index >= 15 is 0 Å². The van der Waals surface area contributed by atoms with E-state index in [4.69, 9.17) is 4.42 Å². The molecule has 96 valence electrons. The molecule has 0 amide bonds. The number of furan rings is 1. The Morgan fingerprint density at radius 1 is 1.26 bits per heavy atom. The molecular formula is C13H13N5O. The Balaban J connectivity index is 1.73. The van der Waals surface area contributed by atoms with Gasteiger partial charge in [-0.2, -0.15) is 0 Å². The summed E-state index contributed by atoms with van der Waals surface area (Å²) in [6.45, 7) is 2.58. The lowest BCUT2D eigenvalue weighted by Crippen LogP contribution is -2.00. The van der Waals surface area contributed by atoms with Crippen LogP contribution in [-0.4, -0.2) is 20.2 Å². The Morgan fingerprint density at radius 3 is 2.95 bits per heavy atom. The summed E-state index contributed by atoms with van der Waals surface area (Å²) in [6, 6.07) is 11.8. The molecule has 0 spiro atoms. The lowest BCUT2D eigenvalue weighted by molar-refractivity contribution is 0.490. The lowest BCUT2D eigenvalue weighted by Gasteiger charge is -2.06. The van der Waals surface area contributed by atoms with Crippen LogP contribution in [0.25, 0.3) is 5.69 Å². The van der Waals surface area contributed by atoms with Crippen LogP contribution in [0.5, 0.6) is 0 Å². The van der Waals surface area contributed by atoms with Crippen molar-refractivity contribution in [3.05, 3.63) is 54.2 Å². The zero-order valence-electron chi connectivity index (χ0n) is 10.4. The van der Waals surface area contributed by atoms with Gasteiger partial charge in [0.25, 0.3) is 0 Å². The Morgan fingerprint density at radius 2 is 2.21 bits per heavy atom. The first-order valence-electron chi connectivity index (χ1n) is 5.94. The van der Waals surface area contributed by atoms with Crippen LogP contribution in [0.4, 0.5) is 5.69 Å². The van der Waals surface area contributed by atoms with Crippen molar-refractivity contribution in [2.75, 3.05) is 5.32 Å². The van der Waals surface area contributed by atoms with Gasteiger partial charge in [-0.05, 0) is 47.7 Å². The molecule has 0 aliphatic heterocycles. The van der Waals surface area contributed by atoms with Gasteiger partial charge in [-0.3, -0.25) is 0 Å². The molecule has 6 nitrogen and oxygen atoms in total. The van der Waals surface area contributed by atoms with Crippen LogP contribution < -0.4 is 5.32 Å². The molecular weight excluding hydrogens is 242 g/mol. The maximum Gasteiger partial charge on any atom is 0.143 e. The molecule has 3 rings (SSSR count). The van der Waals surface area contributed by atoms with E-state index in [0.717, 1.165) is 22.9 Å². The van der Waals surface area contributed by atoms with Gasteiger partial charge >= 0.3 is 0 Å². The van der Waals surface area contributed by atoms with Crippen LogP contribution in [0.15, 0.2) is 47.1 Å². The van der Waals surface area contributed by atoms with Crippen molar-refractivity contribution in [3.8, 4) is 5.69 Å². The molecule has 6 heteroatoms. The molecule has 0 aliphatic rings. The van der Waals surface area contributed by atoms with Crippen LogP contribution in [0.2, 0.25) is 0 Å². The predicted octanol–water partition coefficient (Wildman–Crippen LogP) is 2.18. The largest absolute Gasteiger partial charge is 0.465 e. The van der Waals surface area contributed by atoms with E-state index in [1.54, 1.807) is 11.0 Å². The summed E-state index contributed by atoms with van der Waals surface area (Å²) >= 11 is 0. The average molecular weight is 255 g/mol. The molecule has 0 atom stereocenters. The standard InChI is InChI=1S/C13H13N5O/c1-10-5-6-13(19-10)8-14-11-3-2-4-12(7-11)18-9-15-16-17-18/h2-7,9,14H,8H2,1H3. The van der Waals surface area contributed by atoms with E-state index in [1.165, 1.54) is 0 Å². The molecule has 3 aromatic rings. The molecule has 1 N–H and O–H groups in total. The topological polar surface area (TPSA) is 68.8 Å². The van der Waals surface area contributed by atoms with Gasteiger partial charge in [0.15, 0.2) is 0 Å². The number of aromatic nitrogens is 4. The third-order valence-corrected chi connectivity index (χ3v) is 2.72. The minimum absolute atomic E-state index is 0.646. The minimum atomic E-state index is 0.646. The summed E-state index contributed by atoms with van der Waals surface area (Å²) in [5.74, 6) is 1.82. The van der Waals surface area contributed by atoms with Crippen LogP contribution in [0, 0.1) is 6.92 Å². The zero-order valence-corrected chi connectivity index (χ0v) is 10.4. The lowest BCUT2D eigenvalue weighted by atomic mass is 10.2. The zero-order chi connectivity index (χ0) is 13.1. The Kier molecular flexibility index (Phi) is 2.97. The molecule has 19 heavy (non-hydrogen) atoms. The van der Waals surface area contributed by atoms with Gasteiger partial charge in [0, 0.05) is 5.69 Å². The first kappa shape index (κ1) is 11.5. The molecule has 2 heterocycles. The number of hydrogen-bond acceptors (Lipinski definition) is 5. The van der Waals surface area contributed by atoms with Crippen molar-refractivity contribution in [2.45, 2.75) is 13.5 Å². The van der Waals surface area contributed by atoms with E-state index in [-0.39, 0.29) is 0 Å². The summed E-state index contributed by atoms with van der Waals surface area (Å²) < 4.78 is 7.12. The summed E-state index contributed by atoms with van der Waals surface area (Å²) in [5, 5.41) is 14.4. The average Bonchev–Trinajstić information content (AvgIpc) is 3.08. The SMILES string of the molecule is Cc1ccc(CNc2cccc(-n3cnnn3)c2)o1. The molecule has 2 aromatic heterocycles. The molecule has 0 bridgehead atoms. The maximum absolute atomic E-state index is 5.51. The van der Waals surface area contributed by atoms with Crippen LogP contribution >= 0.6 is 0 Å². The quantitative estimate of drug-likeness (QED) is 0.773. The van der Waals surface area contributed by atoms with Crippen molar-refractivity contribution in [1.82, 2.24) is 20.2 Å². The second-order valence-electron chi connectivity index (χ2n) is 4.17. The van der Waals surface area contributed by atoms with Gasteiger partial charge in [-0.25, -0.2) is 4.68 Å². The molecule has 0 unspecified atom stereocenters. The predicted molar refractivity (Wildman–Crippen MR) is 69.9 cm³/mol. The number of anilines is 1. The van der Waals surface area contributed by atoms with Gasteiger partial charge in [-0.1, -0.05) is 6.07 Å². The minimum Gasteiger partial charge on any atom is -0.465 e. The molecule has 0 saturated heterocycles. The maximum atomic E-state index is 5.51. The normalized spacial score (nSPS) is 10.6. The van der Waals surface area contributed by atoms with Gasteiger partial charge in [0.1, 0.15) is 17.8 Å². The summed E-state index contributed by atoms with van der Waals surface area (Å²) in [6.07, 6.45) is 1.56. The second-order valence-corrected chi connectivity index (χ2v) is 4.17. The summed E-state index contributed by atoms with van der Waals surface area (Å²) in [5.41, 5.74) is 1.90. The number of nitrogens with one attached hydrogen (secondary N) is 1. The molecule has 0 aliphatic carbocycles. The van der Waals surface area contributed by atoms with E-state index in [2.05, 4.69) is 20.8 Å². The third kappa shape index (κ3) is 2.62. The van der Waals surface area contributed by atoms with Gasteiger partial charge < -0.3 is 9.73 Å². The van der Waals surface area contributed by atoms with Crippen LogP contribution in [-0.2, 0) is 6.54 Å². The van der Waals surface area contributed by atoms with Crippen LogP contribution in [0.1, 0.15) is 11.5 Å². The number of tetrazole rings is 1. The van der Waals surface area contributed by atoms with Gasteiger partial charge in [0.2, 0.25) is 0 Å². The van der Waals surface area contributed by atoms with E-state index in [0.29, 0.717) is 6.54 Å². The molecule has 1 aromatic carbocycles. The smallest absolute Gasteiger partial charge is 0.143 e. The van der Waals surface area contributed by atoms with E-state index in [1.807, 2.05) is 43.3 Å². The second kappa shape index (κ2) is 4.93. The fourth-order valence-corrected chi connectivity index (χ4v) is 1.81. The summed E-state index contributed by atoms with van der Waals surface area (Å²) in [7, 11) is 0. The molecule has 0 fully saturated rings. The first-order valence-corrected chi connectivity index (χ1v) is 5.94. The highest BCUT2D eigenvalue weighted by Crippen LogP contribution is 2.15. The van der Waals surface area contributed by atoms with Crippen LogP contribution in [0.3, 0.4) is 0 Å². The molecule has 0 saturated carbocycles. The summed E-state index contributed by atoms with van der Waals surface area (Å²) in [4.78, 5) is 0. The highest BCUT2D eigenvalue weighted by molar-refractivity contribution is 5.50. The first-order chi connectivity index (χ1) is 9.31. The van der Waals surface area contributed by atoms with Crippen molar-refractivity contribution >= 4 is 5.69 Å². The molecule has 0 radical (unpaired) electrons. The van der Waals surface area contributed by atoms with E-state index in [9.17, 15) is 0 Å². The highest BCUT2D eigenvalue weighted by atomic mass is 16.3. The van der Waals surface area contributed by atoms with Crippen molar-refractivity contribution in [2.24, 2.45) is 0 Å². The number of nitrogens with zero attached hydrogens (tertiary/aromatic N) is 4. The fourth-order valence-electron chi connectivity index (χ4n) is 1.81. The number of rotatable bonds is 4. The van der Waals surface area contributed by atoms with Crippen molar-refractivity contribution in [1.29, 1.82) is 0 Å². The van der Waals surface area contributed by atoms with Gasteiger partial charge in [0.05, 0.1) is 12.2 Å². The highest BCUT2D eigenvalue weighted by Gasteiger charge is 2.01. The Hall–Kier alpha value is -2.63. The van der Waals surface area contributed by atoms with Crippen molar-refractivity contribution < 1.29 is 4.42 Å². The number of benzene rings is 1. The number of aryl methyl sites for hydroxylation is 1. The Labute approximate surface area is 110 Å². The van der Waals surface area contributed by atoms with Gasteiger partial charge in [-0.15, -0.1) is 5.10 Å². The monoisotopic (exact) mass is 255 g/mol. The Bertz CT molecular complexity index is 659. The van der Waals surface area contributed by atoms with Crippen molar-refractivity contribution in [3.63, 3.8) is 0 Å². The number of hydrogen-bond donors (Lipinski definition) is 1. The fraction of sp³-hybridized carbons (Fsp3) is 0.154. The third-order valence-electron chi connectivity index (χ3n) is 2.72. The van der Waals surface area contributed by atoms with E-state index < -0.39 is 0 Å².